The van der Waals surface area contributed by atoms with E-state index in [0.29, 0.717) is 28.9 Å². The van der Waals surface area contributed by atoms with E-state index in [0.717, 1.165) is 38.2 Å². The smallest absolute Gasteiger partial charge is 0.328 e. The van der Waals surface area contributed by atoms with Crippen LogP contribution in [-0.2, 0) is 33.4 Å². The number of allylic oxidation sites excluding steroid dienone is 8. The Morgan fingerprint density at radius 2 is 1.79 bits per heavy atom. The molecular weight excluding hydrogens is 632 g/mol. The van der Waals surface area contributed by atoms with E-state index in [1.807, 2.05) is 12.2 Å². The van der Waals surface area contributed by atoms with Gasteiger partial charge in [0.15, 0.2) is 5.78 Å². The number of esters is 1. The van der Waals surface area contributed by atoms with E-state index in [9.17, 15) is 29.1 Å². The Morgan fingerprint density at radius 3 is 2.48 bits per heavy atom. The number of Topliss-reactive ketones (excluding diaryl/α,β-unsaturated/α-hetero) is 1. The number of hydrogen-bond acceptors (Lipinski definition) is 9. The Morgan fingerprint density at radius 1 is 1.08 bits per heavy atom. The maximum atomic E-state index is 13.4. The fourth-order valence-corrected chi connectivity index (χ4v) is 6.70. The molecule has 48 heavy (non-hydrogen) atoms. The lowest BCUT2D eigenvalue weighted by atomic mass is 9.88. The highest BCUT2D eigenvalue weighted by molar-refractivity contribution is 8.03. The molecule has 11 heteroatoms. The maximum absolute atomic E-state index is 13.4. The molecule has 1 heterocycles. The number of ether oxygens (including phenoxy) is 2. The van der Waals surface area contributed by atoms with Gasteiger partial charge in [0.05, 0.1) is 29.2 Å². The molecule has 0 radical (unpaired) electrons. The molecule has 0 aromatic heterocycles. The van der Waals surface area contributed by atoms with Crippen molar-refractivity contribution >= 4 is 41.1 Å². The molecule has 2 amide bonds. The second-order valence-corrected chi connectivity index (χ2v) is 13.4. The average Bonchev–Trinajstić information content (AvgIpc) is 3.07. The Bertz CT molecular complexity index is 1390. The number of fused-ring (bicyclic) bond motifs is 2. The van der Waals surface area contributed by atoms with Crippen molar-refractivity contribution in [1.82, 2.24) is 10.6 Å². The topological polar surface area (TPSA) is 148 Å². The molecule has 5 unspecified atom stereocenters. The first-order chi connectivity index (χ1) is 23.0. The summed E-state index contributed by atoms with van der Waals surface area (Å²) in [6.45, 7) is 5.18. The summed E-state index contributed by atoms with van der Waals surface area (Å²) in [5, 5.41) is 16.7. The third-order valence-electron chi connectivity index (χ3n) is 8.99. The van der Waals surface area contributed by atoms with Gasteiger partial charge in [-0.3, -0.25) is 19.2 Å². The van der Waals surface area contributed by atoms with Gasteiger partial charge >= 0.3 is 5.97 Å². The predicted molar refractivity (Wildman–Crippen MR) is 186 cm³/mol. The van der Waals surface area contributed by atoms with Gasteiger partial charge in [-0.15, -0.1) is 11.8 Å². The zero-order valence-corrected chi connectivity index (χ0v) is 29.5. The van der Waals surface area contributed by atoms with Gasteiger partial charge in [0.1, 0.15) is 12.1 Å². The molecule has 1 fully saturated rings. The largest absolute Gasteiger partial charge is 0.460 e. The van der Waals surface area contributed by atoms with Gasteiger partial charge in [-0.25, -0.2) is 4.79 Å². The number of amides is 2. The lowest BCUT2D eigenvalue weighted by Crippen LogP contribution is -2.45. The van der Waals surface area contributed by atoms with Crippen molar-refractivity contribution in [2.75, 3.05) is 13.4 Å². The van der Waals surface area contributed by atoms with Crippen LogP contribution >= 0.6 is 11.8 Å². The zero-order valence-electron chi connectivity index (χ0n) is 28.7. The highest BCUT2D eigenvalue weighted by Crippen LogP contribution is 2.30. The van der Waals surface area contributed by atoms with E-state index in [1.54, 1.807) is 57.4 Å². The number of carbonyl (C=O) groups is 5. The number of carbonyl (C=O) groups excluding carboxylic acids is 5. The van der Waals surface area contributed by atoms with Crippen LogP contribution in [0.3, 0.4) is 0 Å². The number of ketones is 2. The SMILES string of the molecule is COC1C=CC=CC=CCC(OC(=O)C(C)NC(=O)C2CCCCC2)C(C)C(O)C(C)=CCCC2=C(SC)C(=O)C=C(NC(=O)C1)C2=O. The maximum Gasteiger partial charge on any atom is 0.328 e. The van der Waals surface area contributed by atoms with E-state index in [1.165, 1.54) is 18.9 Å². The van der Waals surface area contributed by atoms with Gasteiger partial charge in [0, 0.05) is 37.0 Å². The molecular formula is C37H50N2O8S. The lowest BCUT2D eigenvalue weighted by molar-refractivity contribution is -0.156. The monoisotopic (exact) mass is 682 g/mol. The van der Waals surface area contributed by atoms with E-state index >= 15 is 0 Å². The van der Waals surface area contributed by atoms with Gasteiger partial charge in [0.25, 0.3) is 0 Å². The third-order valence-corrected chi connectivity index (χ3v) is 9.85. The second kappa shape index (κ2) is 19.5. The average molecular weight is 683 g/mol. The van der Waals surface area contributed by atoms with Crippen LogP contribution < -0.4 is 10.6 Å². The number of nitrogens with one attached hydrogen (secondary N) is 2. The van der Waals surface area contributed by atoms with Crippen molar-refractivity contribution in [3.63, 3.8) is 0 Å². The molecule has 0 spiro atoms. The van der Waals surface area contributed by atoms with Crippen molar-refractivity contribution < 1.29 is 38.6 Å². The van der Waals surface area contributed by atoms with E-state index in [-0.39, 0.29) is 36.1 Å². The van der Waals surface area contributed by atoms with Crippen LogP contribution in [0.4, 0.5) is 0 Å². The molecule has 1 saturated carbocycles. The summed E-state index contributed by atoms with van der Waals surface area (Å²) in [6.07, 6.45) is 18.6. The molecule has 3 N–H and O–H groups in total. The zero-order chi connectivity index (χ0) is 35.2. The third kappa shape index (κ3) is 11.3. The van der Waals surface area contributed by atoms with Crippen LogP contribution in [0.5, 0.6) is 0 Å². The summed E-state index contributed by atoms with van der Waals surface area (Å²) in [5.74, 6) is -2.55. The Balaban J connectivity index is 1.84. The van der Waals surface area contributed by atoms with Crippen LogP contribution in [0.25, 0.3) is 0 Å². The van der Waals surface area contributed by atoms with Crippen LogP contribution in [0.15, 0.2) is 70.4 Å². The summed E-state index contributed by atoms with van der Waals surface area (Å²) in [7, 11) is 1.47. The normalized spacial score (nSPS) is 26.2. The quantitative estimate of drug-likeness (QED) is 0.201. The standard InChI is InChI=1S/C37H50N2O8S/c1-23-15-14-19-28-34(43)29(22-30(40)35(28)48-5)39-32(41)21-27(46-4)18-12-7-6-8-13-20-31(24(2)33(23)42)47-37(45)25(3)38-36(44)26-16-10-9-11-17-26/h6-8,12-13,15,18,22,24-27,31,33,42H,9-11,14,16-17,19-21H2,1-5H3,(H,38,44)(H,39,41). The molecule has 3 rings (SSSR count). The van der Waals surface area contributed by atoms with E-state index in [4.69, 9.17) is 9.47 Å². The number of aliphatic hydroxyl groups excluding tert-OH is 1. The van der Waals surface area contributed by atoms with Gasteiger partial charge in [-0.05, 0) is 51.4 Å². The fourth-order valence-electron chi connectivity index (χ4n) is 6.00. The number of methoxy groups -OCH3 is 1. The molecule has 0 saturated heterocycles. The molecule has 2 aliphatic carbocycles. The van der Waals surface area contributed by atoms with E-state index in [2.05, 4.69) is 10.6 Å². The molecule has 262 valence electrons. The molecule has 0 aromatic carbocycles. The van der Waals surface area contributed by atoms with Crippen molar-refractivity contribution in [3.05, 3.63) is 70.4 Å². The van der Waals surface area contributed by atoms with E-state index < -0.39 is 47.9 Å². The minimum absolute atomic E-state index is 0.0613. The Labute approximate surface area is 288 Å². The summed E-state index contributed by atoms with van der Waals surface area (Å²) in [6, 6.07) is -0.844. The number of hydrogen-bond donors (Lipinski definition) is 3. The number of thioether (sulfide) groups is 1. The second-order valence-electron chi connectivity index (χ2n) is 12.6. The summed E-state index contributed by atoms with van der Waals surface area (Å²) in [4.78, 5) is 65.3. The van der Waals surface area contributed by atoms with Crippen LogP contribution in [-0.4, -0.2) is 72.2 Å². The van der Waals surface area contributed by atoms with Crippen molar-refractivity contribution in [3.8, 4) is 0 Å². The lowest BCUT2D eigenvalue weighted by Gasteiger charge is -2.29. The van der Waals surface area contributed by atoms with Crippen LogP contribution in [0.2, 0.25) is 0 Å². The summed E-state index contributed by atoms with van der Waals surface area (Å²) in [5.41, 5.74) is 0.853. The van der Waals surface area contributed by atoms with Gasteiger partial charge in [-0.2, -0.15) is 0 Å². The summed E-state index contributed by atoms with van der Waals surface area (Å²) >= 11 is 1.18. The highest BCUT2D eigenvalue weighted by Gasteiger charge is 2.32. The minimum atomic E-state index is -0.977. The first-order valence-electron chi connectivity index (χ1n) is 16.7. The molecule has 2 bridgehead atoms. The first kappa shape index (κ1) is 38.9. The molecule has 10 nitrogen and oxygen atoms in total. The summed E-state index contributed by atoms with van der Waals surface area (Å²) < 4.78 is 11.3. The number of rotatable bonds is 6. The molecule has 0 aromatic rings. The minimum Gasteiger partial charge on any atom is -0.460 e. The number of aliphatic hydroxyl groups is 1. The highest BCUT2D eigenvalue weighted by atomic mass is 32.2. The van der Waals surface area contributed by atoms with Gasteiger partial charge < -0.3 is 25.2 Å². The van der Waals surface area contributed by atoms with Gasteiger partial charge in [-0.1, -0.05) is 68.7 Å². The predicted octanol–water partition coefficient (Wildman–Crippen LogP) is 4.95. The molecule has 5 atom stereocenters. The first-order valence-corrected chi connectivity index (χ1v) is 17.9. The molecule has 1 aliphatic heterocycles. The van der Waals surface area contributed by atoms with Crippen molar-refractivity contribution in [2.24, 2.45) is 11.8 Å². The van der Waals surface area contributed by atoms with Crippen LogP contribution in [0.1, 0.15) is 78.6 Å². The Kier molecular flexibility index (Phi) is 15.8. The Hall–Kier alpha value is -3.54. The van der Waals surface area contributed by atoms with Crippen molar-refractivity contribution in [1.29, 1.82) is 0 Å². The van der Waals surface area contributed by atoms with Crippen molar-refractivity contribution in [2.45, 2.75) is 103 Å². The van der Waals surface area contributed by atoms with Crippen LogP contribution in [0, 0.1) is 11.8 Å². The fraction of sp³-hybridized carbons (Fsp3) is 0.541. The van der Waals surface area contributed by atoms with Gasteiger partial charge in [0.2, 0.25) is 17.6 Å². The molecule has 3 aliphatic rings.